The molecule has 1 aliphatic heterocycles. The van der Waals surface area contributed by atoms with Crippen LogP contribution in [0.25, 0.3) is 0 Å². The van der Waals surface area contributed by atoms with Crippen LogP contribution in [0.4, 0.5) is 4.79 Å². The average Bonchev–Trinajstić information content (AvgIpc) is 2.55. The summed E-state index contributed by atoms with van der Waals surface area (Å²) in [6.45, 7) is 9.69. The van der Waals surface area contributed by atoms with Gasteiger partial charge in [-0.2, -0.15) is 0 Å². The Morgan fingerprint density at radius 1 is 1.23 bits per heavy atom. The normalized spacial score (nSPS) is 21.1. The van der Waals surface area contributed by atoms with Gasteiger partial charge in [-0.15, -0.1) is 0 Å². The van der Waals surface area contributed by atoms with Gasteiger partial charge in [0.05, 0.1) is 12.5 Å². The van der Waals surface area contributed by atoms with Crippen molar-refractivity contribution in [1.82, 2.24) is 10.2 Å². The number of nitrogens with one attached hydrogen (secondary N) is 1. The molecule has 0 aromatic heterocycles. The van der Waals surface area contributed by atoms with Gasteiger partial charge in [-0.05, 0) is 39.7 Å². The predicted octanol–water partition coefficient (Wildman–Crippen LogP) is 2.96. The number of nitrogens with zero attached hydrogens (tertiary/aromatic N) is 1. The highest BCUT2D eigenvalue weighted by Gasteiger charge is 2.37. The summed E-state index contributed by atoms with van der Waals surface area (Å²) in [4.78, 5) is 26.8. The zero-order valence-electron chi connectivity index (χ0n) is 16.2. The summed E-state index contributed by atoms with van der Waals surface area (Å²) in [5, 5.41) is 2.86. The Morgan fingerprint density at radius 3 is 2.54 bits per heavy atom. The molecule has 1 fully saturated rings. The average molecular weight is 362 g/mol. The summed E-state index contributed by atoms with van der Waals surface area (Å²) in [6.07, 6.45) is 0.184. The van der Waals surface area contributed by atoms with E-state index in [-0.39, 0.29) is 12.0 Å². The highest BCUT2D eigenvalue weighted by atomic mass is 16.6. The molecule has 1 aromatic rings. The van der Waals surface area contributed by atoms with Crippen LogP contribution in [0.3, 0.4) is 0 Å². The van der Waals surface area contributed by atoms with Gasteiger partial charge >= 0.3 is 12.1 Å². The van der Waals surface area contributed by atoms with Crippen LogP contribution in [0.5, 0.6) is 0 Å². The quantitative estimate of drug-likeness (QED) is 0.816. The molecule has 2 rings (SSSR count). The van der Waals surface area contributed by atoms with Crippen molar-refractivity contribution in [2.24, 2.45) is 5.92 Å². The largest absolute Gasteiger partial charge is 0.466 e. The van der Waals surface area contributed by atoms with Gasteiger partial charge in [0.1, 0.15) is 5.60 Å². The van der Waals surface area contributed by atoms with Gasteiger partial charge in [-0.25, -0.2) is 4.79 Å². The van der Waals surface area contributed by atoms with Crippen molar-refractivity contribution in [2.45, 2.75) is 52.3 Å². The molecule has 0 aliphatic carbocycles. The molecule has 1 aliphatic rings. The third-order valence-corrected chi connectivity index (χ3v) is 4.24. The molecule has 6 nitrogen and oxygen atoms in total. The maximum absolute atomic E-state index is 12.4. The van der Waals surface area contributed by atoms with E-state index in [2.05, 4.69) is 22.3 Å². The third kappa shape index (κ3) is 6.33. The number of ether oxygens (including phenoxy) is 2. The van der Waals surface area contributed by atoms with Crippen LogP contribution < -0.4 is 5.32 Å². The first-order valence-corrected chi connectivity index (χ1v) is 9.21. The maximum Gasteiger partial charge on any atom is 0.407 e. The minimum atomic E-state index is -0.572. The molecule has 2 atom stereocenters. The van der Waals surface area contributed by atoms with Gasteiger partial charge in [0.25, 0.3) is 0 Å². The molecular formula is C20H30N2O4. The molecule has 0 bridgehead atoms. The number of esters is 1. The molecule has 0 saturated carbocycles. The monoisotopic (exact) mass is 362 g/mol. The van der Waals surface area contributed by atoms with Crippen molar-refractivity contribution in [3.05, 3.63) is 35.9 Å². The van der Waals surface area contributed by atoms with Crippen molar-refractivity contribution in [2.75, 3.05) is 19.7 Å². The summed E-state index contributed by atoms with van der Waals surface area (Å²) in [5.74, 6) is -0.675. The van der Waals surface area contributed by atoms with Crippen LogP contribution >= 0.6 is 0 Å². The molecule has 0 radical (unpaired) electrons. The topological polar surface area (TPSA) is 67.9 Å². The highest BCUT2D eigenvalue weighted by Crippen LogP contribution is 2.21. The highest BCUT2D eigenvalue weighted by molar-refractivity contribution is 5.75. The molecule has 1 saturated heterocycles. The lowest BCUT2D eigenvalue weighted by Gasteiger charge is -2.37. The summed E-state index contributed by atoms with van der Waals surface area (Å²) >= 11 is 0. The number of carbonyl (C=O) groups excluding carboxylic acids is 2. The number of alkyl carbamates (subject to hydrolysis) is 1. The molecule has 1 amide bonds. The van der Waals surface area contributed by atoms with Crippen molar-refractivity contribution >= 4 is 12.1 Å². The molecule has 26 heavy (non-hydrogen) atoms. The molecule has 6 heteroatoms. The Balaban J connectivity index is 2.02. The standard InChI is InChI=1S/C20H30N2O4/c1-5-25-18(23)16-14-22(13-15-9-7-6-8-10-15)12-11-17(16)21-19(24)26-20(2,3)4/h6-10,16-17H,5,11-14H2,1-4H3,(H,21,24)/t16-,17+/m1/s1. The smallest absolute Gasteiger partial charge is 0.407 e. The number of carbonyl (C=O) groups is 2. The second-order valence-electron chi connectivity index (χ2n) is 7.62. The van der Waals surface area contributed by atoms with Crippen molar-refractivity contribution < 1.29 is 19.1 Å². The Kier molecular flexibility index (Phi) is 7.03. The zero-order valence-corrected chi connectivity index (χ0v) is 16.2. The Bertz CT molecular complexity index is 598. The lowest BCUT2D eigenvalue weighted by atomic mass is 9.91. The van der Waals surface area contributed by atoms with E-state index in [9.17, 15) is 9.59 Å². The van der Waals surface area contributed by atoms with E-state index in [0.717, 1.165) is 13.1 Å². The SMILES string of the molecule is CCOC(=O)[C@@H]1CN(Cc2ccccc2)CC[C@@H]1NC(=O)OC(C)(C)C. The first-order valence-electron chi connectivity index (χ1n) is 9.21. The minimum absolute atomic E-state index is 0.272. The van der Waals surface area contributed by atoms with Crippen LogP contribution in [0.2, 0.25) is 0 Å². The molecule has 1 N–H and O–H groups in total. The number of amides is 1. The van der Waals surface area contributed by atoms with Gasteiger partial charge in [-0.1, -0.05) is 30.3 Å². The first kappa shape index (κ1) is 20.2. The van der Waals surface area contributed by atoms with E-state index in [1.165, 1.54) is 5.56 Å². The number of benzene rings is 1. The third-order valence-electron chi connectivity index (χ3n) is 4.24. The fraction of sp³-hybridized carbons (Fsp3) is 0.600. The van der Waals surface area contributed by atoms with Crippen molar-refractivity contribution in [3.8, 4) is 0 Å². The van der Waals surface area contributed by atoms with E-state index in [1.807, 2.05) is 39.0 Å². The van der Waals surface area contributed by atoms with Crippen LogP contribution in [0.15, 0.2) is 30.3 Å². The Hall–Kier alpha value is -2.08. The Morgan fingerprint density at radius 2 is 1.92 bits per heavy atom. The zero-order chi connectivity index (χ0) is 19.2. The van der Waals surface area contributed by atoms with Gasteiger partial charge in [0.2, 0.25) is 0 Å². The van der Waals surface area contributed by atoms with Crippen molar-refractivity contribution in [1.29, 1.82) is 0 Å². The lowest BCUT2D eigenvalue weighted by molar-refractivity contribution is -0.151. The van der Waals surface area contributed by atoms with Gasteiger partial charge < -0.3 is 14.8 Å². The second-order valence-corrected chi connectivity index (χ2v) is 7.62. The van der Waals surface area contributed by atoms with Gasteiger partial charge in [0.15, 0.2) is 0 Å². The first-order chi connectivity index (χ1) is 12.3. The molecule has 144 valence electrons. The minimum Gasteiger partial charge on any atom is -0.466 e. The van der Waals surface area contributed by atoms with E-state index < -0.39 is 17.6 Å². The predicted molar refractivity (Wildman–Crippen MR) is 99.6 cm³/mol. The summed E-state index contributed by atoms with van der Waals surface area (Å²) in [6, 6.07) is 9.87. The van der Waals surface area contributed by atoms with E-state index in [0.29, 0.717) is 19.6 Å². The molecule has 1 aromatic carbocycles. The van der Waals surface area contributed by atoms with Crippen LogP contribution in [0.1, 0.15) is 39.7 Å². The van der Waals surface area contributed by atoms with E-state index in [1.54, 1.807) is 6.92 Å². The lowest BCUT2D eigenvalue weighted by Crippen LogP contribution is -2.54. The van der Waals surface area contributed by atoms with Gasteiger partial charge in [-0.3, -0.25) is 9.69 Å². The molecule has 1 heterocycles. The van der Waals surface area contributed by atoms with Crippen LogP contribution in [-0.2, 0) is 20.8 Å². The number of likely N-dealkylation sites (tertiary alicyclic amines) is 1. The fourth-order valence-corrected chi connectivity index (χ4v) is 3.12. The van der Waals surface area contributed by atoms with Crippen molar-refractivity contribution in [3.63, 3.8) is 0 Å². The number of hydrogen-bond donors (Lipinski definition) is 1. The molecule has 0 unspecified atom stereocenters. The van der Waals surface area contributed by atoms with Crippen LogP contribution in [0, 0.1) is 5.92 Å². The number of hydrogen-bond acceptors (Lipinski definition) is 5. The molecular weight excluding hydrogens is 332 g/mol. The number of piperidine rings is 1. The summed E-state index contributed by atoms with van der Waals surface area (Å²) in [7, 11) is 0. The van der Waals surface area contributed by atoms with E-state index >= 15 is 0 Å². The maximum atomic E-state index is 12.4. The summed E-state index contributed by atoms with van der Waals surface area (Å²) < 4.78 is 10.6. The van der Waals surface area contributed by atoms with Crippen LogP contribution in [-0.4, -0.2) is 48.3 Å². The summed E-state index contributed by atoms with van der Waals surface area (Å²) in [5.41, 5.74) is 0.631. The fourth-order valence-electron chi connectivity index (χ4n) is 3.12. The van der Waals surface area contributed by atoms with E-state index in [4.69, 9.17) is 9.47 Å². The molecule has 0 spiro atoms. The van der Waals surface area contributed by atoms with Gasteiger partial charge in [0, 0.05) is 25.7 Å². The second kappa shape index (κ2) is 9.03. The Labute approximate surface area is 155 Å². The number of rotatable bonds is 5.